The Hall–Kier alpha value is -1.54. The Morgan fingerprint density at radius 3 is 2.13 bits per heavy atom. The highest BCUT2D eigenvalue weighted by Crippen LogP contribution is 2.40. The molecule has 0 aromatic heterocycles. The van der Waals surface area contributed by atoms with E-state index in [9.17, 15) is 40.2 Å². The molecule has 16 nitrogen and oxygen atoms in total. The zero-order valence-electron chi connectivity index (χ0n) is 35.2. The van der Waals surface area contributed by atoms with Gasteiger partial charge in [0.1, 0.15) is 30.0 Å². The summed E-state index contributed by atoms with van der Waals surface area (Å²) in [4.78, 5) is 29.7. The minimum atomic E-state index is -2.00. The van der Waals surface area contributed by atoms with Gasteiger partial charge in [-0.05, 0) is 87.7 Å². The first-order valence-corrected chi connectivity index (χ1v) is 19.8. The lowest BCUT2D eigenvalue weighted by Crippen LogP contribution is -2.60. The van der Waals surface area contributed by atoms with Gasteiger partial charge in [0.15, 0.2) is 12.6 Å². The number of hydrogen-bond acceptors (Lipinski definition) is 15. The number of nitrogens with zero attached hydrogens (tertiary/aromatic N) is 2. The van der Waals surface area contributed by atoms with Crippen LogP contribution in [-0.2, 0) is 38.0 Å². The molecule has 55 heavy (non-hydrogen) atoms. The molecule has 16 heteroatoms. The Labute approximate surface area is 327 Å². The van der Waals surface area contributed by atoms with Gasteiger partial charge in [-0.15, -0.1) is 0 Å². The molecule has 3 heterocycles. The maximum absolute atomic E-state index is 14.3. The highest BCUT2D eigenvalue weighted by molar-refractivity contribution is 5.73. The first-order chi connectivity index (χ1) is 25.3. The van der Waals surface area contributed by atoms with Crippen molar-refractivity contribution in [2.75, 3.05) is 34.3 Å². The lowest BCUT2D eigenvalue weighted by molar-refractivity contribution is -0.318. The number of aliphatic hydroxyl groups is 5. The van der Waals surface area contributed by atoms with Gasteiger partial charge in [-0.1, -0.05) is 20.8 Å². The summed E-state index contributed by atoms with van der Waals surface area (Å²) < 4.78 is 37.4. The number of carbonyl (C=O) groups is 2. The quantitative estimate of drug-likeness (QED) is 0.182. The summed E-state index contributed by atoms with van der Waals surface area (Å²) in [6, 6.07) is -1.25. The second-order valence-electron chi connectivity index (χ2n) is 17.5. The third kappa shape index (κ3) is 11.1. The maximum atomic E-state index is 14.3. The molecule has 0 saturated carbocycles. The third-order valence-electron chi connectivity index (χ3n) is 12.4. The number of methoxy groups -OCH3 is 1. The Morgan fingerprint density at radius 1 is 0.964 bits per heavy atom. The third-order valence-corrected chi connectivity index (χ3v) is 12.4. The van der Waals surface area contributed by atoms with Crippen molar-refractivity contribution in [3.05, 3.63) is 0 Å². The molecular formula is C39H72N2O14. The standard InChI is InChI=1S/C39H72N2O14/c1-14-27-39(10,49)32(45)24(6)41(19-28(42)43)18-20(2)16-37(8,48)34(55-36-30(44)26(40(11)12)15-21(3)51-36)22(4)31(23(5)35(47)53-27)54-29-17-38(9,50-13)33(46)25(7)52-29/h20-27,29-34,36,44-46,48-49H,14-19H2,1-13H3,(H,42,43)/t20-,21-,22+,23-,24-,25+,26+,27-,29+,30-,31+,32-,33+,34-,36+,37-,38-,39-/m1/s1. The molecule has 18 atom stereocenters. The van der Waals surface area contributed by atoms with Gasteiger partial charge in [-0.25, -0.2) is 0 Å². The van der Waals surface area contributed by atoms with Crippen LogP contribution in [0.15, 0.2) is 0 Å². The fourth-order valence-electron chi connectivity index (χ4n) is 8.99. The van der Waals surface area contributed by atoms with E-state index >= 15 is 0 Å². The Balaban J connectivity index is 2.22. The van der Waals surface area contributed by atoms with Crippen LogP contribution in [0.25, 0.3) is 0 Å². The van der Waals surface area contributed by atoms with Crippen LogP contribution in [0.3, 0.4) is 0 Å². The second kappa shape index (κ2) is 19.0. The van der Waals surface area contributed by atoms with Gasteiger partial charge in [-0.2, -0.15) is 0 Å². The number of likely N-dealkylation sites (N-methyl/N-ethyl adjacent to an activating group) is 1. The number of ether oxygens (including phenoxy) is 6. The Bertz CT molecular complexity index is 1250. The van der Waals surface area contributed by atoms with Crippen LogP contribution in [0.1, 0.15) is 94.9 Å². The summed E-state index contributed by atoms with van der Waals surface area (Å²) in [5.74, 6) is -4.28. The molecule has 3 aliphatic rings. The molecule has 0 aliphatic carbocycles. The number of carboxylic acid groups (broad SMARTS) is 1. The largest absolute Gasteiger partial charge is 0.480 e. The van der Waals surface area contributed by atoms with Crippen molar-refractivity contribution in [3.8, 4) is 0 Å². The molecule has 0 aromatic rings. The van der Waals surface area contributed by atoms with Gasteiger partial charge in [-0.3, -0.25) is 14.5 Å². The molecule has 0 radical (unpaired) electrons. The van der Waals surface area contributed by atoms with E-state index in [4.69, 9.17) is 28.4 Å². The van der Waals surface area contributed by atoms with Crippen LogP contribution in [0, 0.1) is 17.8 Å². The van der Waals surface area contributed by atoms with Crippen LogP contribution in [0.2, 0.25) is 0 Å². The van der Waals surface area contributed by atoms with Gasteiger partial charge in [0.25, 0.3) is 0 Å². The van der Waals surface area contributed by atoms with E-state index in [1.807, 2.05) is 32.8 Å². The fourth-order valence-corrected chi connectivity index (χ4v) is 8.99. The van der Waals surface area contributed by atoms with Crippen LogP contribution >= 0.6 is 0 Å². The number of cyclic esters (lactones) is 1. The zero-order valence-corrected chi connectivity index (χ0v) is 35.2. The summed E-state index contributed by atoms with van der Waals surface area (Å²) >= 11 is 0. The van der Waals surface area contributed by atoms with Crippen molar-refractivity contribution in [3.63, 3.8) is 0 Å². The van der Waals surface area contributed by atoms with Gasteiger partial charge in [0.05, 0.1) is 48.1 Å². The van der Waals surface area contributed by atoms with Gasteiger partial charge in [0.2, 0.25) is 0 Å². The average molecular weight is 793 g/mol. The minimum Gasteiger partial charge on any atom is -0.480 e. The smallest absolute Gasteiger partial charge is 0.317 e. The first-order valence-electron chi connectivity index (χ1n) is 19.8. The van der Waals surface area contributed by atoms with Crippen LogP contribution in [-0.4, -0.2) is 177 Å². The number of carbonyl (C=O) groups excluding carboxylic acids is 1. The normalized spacial score (nSPS) is 47.5. The predicted octanol–water partition coefficient (Wildman–Crippen LogP) is 1.36. The predicted molar refractivity (Wildman–Crippen MR) is 201 cm³/mol. The van der Waals surface area contributed by atoms with Crippen molar-refractivity contribution in [1.82, 2.24) is 9.80 Å². The molecule has 322 valence electrons. The van der Waals surface area contributed by atoms with E-state index < -0.39 is 114 Å². The molecule has 0 spiro atoms. The maximum Gasteiger partial charge on any atom is 0.317 e. The topological polar surface area (TPSA) is 217 Å². The number of aliphatic carboxylic acids is 1. The number of hydrogen-bond donors (Lipinski definition) is 6. The number of carboxylic acids is 1. The monoisotopic (exact) mass is 792 g/mol. The SMILES string of the molecule is CC[C@H]1OC(=O)[C@H](C)[C@@H](O[C@H]2C[C@@](C)(OC)[C@@H](O)[C@H](C)O2)[C@H](C)[C@@H](O[C@@H]2O[C@H](C)C[C@H](N(C)C)[C@H]2O)[C@](C)(O)C[C@@H](C)CN(CC(=O)O)[C@H](C)[C@@H](O)[C@]1(C)O. The highest BCUT2D eigenvalue weighted by atomic mass is 16.7. The van der Waals surface area contributed by atoms with E-state index in [0.29, 0.717) is 6.42 Å². The number of esters is 1. The summed E-state index contributed by atoms with van der Waals surface area (Å²) in [7, 11) is 5.18. The van der Waals surface area contributed by atoms with E-state index in [0.717, 1.165) is 0 Å². The van der Waals surface area contributed by atoms with Crippen molar-refractivity contribution in [1.29, 1.82) is 0 Å². The molecule has 3 saturated heterocycles. The zero-order chi connectivity index (χ0) is 42.0. The molecular weight excluding hydrogens is 720 g/mol. The summed E-state index contributed by atoms with van der Waals surface area (Å²) in [5, 5.41) is 68.3. The summed E-state index contributed by atoms with van der Waals surface area (Å²) in [5.41, 5.74) is -4.78. The average Bonchev–Trinajstić information content (AvgIpc) is 3.09. The van der Waals surface area contributed by atoms with Crippen LogP contribution < -0.4 is 0 Å². The van der Waals surface area contributed by atoms with Gasteiger partial charge < -0.3 is 64.0 Å². The van der Waals surface area contributed by atoms with Crippen molar-refractivity contribution >= 4 is 11.9 Å². The molecule has 0 unspecified atom stereocenters. The molecule has 0 aromatic carbocycles. The summed E-state index contributed by atoms with van der Waals surface area (Å²) in [6.07, 6.45) is -9.57. The van der Waals surface area contributed by atoms with E-state index in [-0.39, 0.29) is 38.0 Å². The molecule has 0 amide bonds. The first kappa shape index (κ1) is 47.8. The fraction of sp³-hybridized carbons (Fsp3) is 0.949. The molecule has 3 aliphatic heterocycles. The Morgan fingerprint density at radius 2 is 1.58 bits per heavy atom. The molecule has 3 fully saturated rings. The van der Waals surface area contributed by atoms with Crippen LogP contribution in [0.4, 0.5) is 0 Å². The van der Waals surface area contributed by atoms with E-state index in [1.54, 1.807) is 48.5 Å². The van der Waals surface area contributed by atoms with Gasteiger partial charge >= 0.3 is 11.9 Å². The Kier molecular flexibility index (Phi) is 16.5. The van der Waals surface area contributed by atoms with Crippen LogP contribution in [0.5, 0.6) is 0 Å². The number of rotatable bonds is 9. The second-order valence-corrected chi connectivity index (χ2v) is 17.5. The molecule has 3 rings (SSSR count). The van der Waals surface area contributed by atoms with Gasteiger partial charge in [0, 0.05) is 38.1 Å². The molecule has 6 N–H and O–H groups in total. The lowest BCUT2D eigenvalue weighted by Gasteiger charge is -2.48. The summed E-state index contributed by atoms with van der Waals surface area (Å²) in [6.45, 7) is 16.3. The molecule has 0 bridgehead atoms. The van der Waals surface area contributed by atoms with Crippen molar-refractivity contribution in [2.45, 2.75) is 185 Å². The highest BCUT2D eigenvalue weighted by Gasteiger charge is 2.53. The van der Waals surface area contributed by atoms with E-state index in [1.165, 1.54) is 18.9 Å². The lowest BCUT2D eigenvalue weighted by atomic mass is 9.77. The van der Waals surface area contributed by atoms with E-state index in [2.05, 4.69) is 0 Å². The number of aliphatic hydroxyl groups excluding tert-OH is 3. The van der Waals surface area contributed by atoms with Crippen molar-refractivity contribution < 1.29 is 68.6 Å². The van der Waals surface area contributed by atoms with Crippen molar-refractivity contribution in [2.24, 2.45) is 17.8 Å². The minimum absolute atomic E-state index is 0.0425.